The van der Waals surface area contributed by atoms with Gasteiger partial charge in [-0.3, -0.25) is 0 Å². The molecule has 2 heterocycles. The summed E-state index contributed by atoms with van der Waals surface area (Å²) in [7, 11) is 0. The highest BCUT2D eigenvalue weighted by molar-refractivity contribution is 6.11. The zero-order valence-corrected chi connectivity index (χ0v) is 32.5. The zero-order valence-electron chi connectivity index (χ0n) is 32.5. The van der Waals surface area contributed by atoms with E-state index in [-0.39, 0.29) is 0 Å². The minimum atomic E-state index is 0.548. The van der Waals surface area contributed by atoms with Gasteiger partial charge in [0.1, 0.15) is 11.1 Å². The van der Waals surface area contributed by atoms with Crippen LogP contribution in [0, 0.1) is 0 Å². The molecule has 0 radical (unpaired) electrons. The van der Waals surface area contributed by atoms with E-state index in [1.54, 1.807) is 0 Å². The molecular weight excluding hydrogens is 735 g/mol. The lowest BCUT2D eigenvalue weighted by Crippen LogP contribution is -2.14. The largest absolute Gasteiger partial charge is 0.454 e. The summed E-state index contributed by atoms with van der Waals surface area (Å²) in [5, 5.41) is 2.12. The molecule has 0 amide bonds. The van der Waals surface area contributed by atoms with Crippen LogP contribution < -0.4 is 9.80 Å². The van der Waals surface area contributed by atoms with Crippen LogP contribution in [-0.2, 0) is 0 Å². The predicted octanol–water partition coefficient (Wildman–Crippen LogP) is 15.7. The van der Waals surface area contributed by atoms with Crippen molar-refractivity contribution in [2.75, 3.05) is 9.80 Å². The van der Waals surface area contributed by atoms with Crippen LogP contribution in [-0.4, -0.2) is 4.98 Å². The van der Waals surface area contributed by atoms with Crippen LogP contribution in [0.2, 0.25) is 0 Å². The Labute approximate surface area is 347 Å². The van der Waals surface area contributed by atoms with Crippen LogP contribution in [0.15, 0.2) is 233 Å². The Morgan fingerprint density at radius 3 is 1.65 bits per heavy atom. The normalized spacial score (nSPS) is 11.3. The van der Waals surface area contributed by atoms with Crippen LogP contribution in [0.25, 0.3) is 66.7 Å². The van der Waals surface area contributed by atoms with Crippen LogP contribution in [0.3, 0.4) is 0 Å². The number of rotatable bonds is 9. The number of para-hydroxylation sites is 4. The van der Waals surface area contributed by atoms with E-state index in [0.29, 0.717) is 11.5 Å². The highest BCUT2D eigenvalue weighted by atomic mass is 16.3. The van der Waals surface area contributed by atoms with Gasteiger partial charge in [0, 0.05) is 33.3 Å². The van der Waals surface area contributed by atoms with Gasteiger partial charge in [0.15, 0.2) is 11.2 Å². The molecule has 0 saturated carbocycles. The predicted molar refractivity (Wildman–Crippen MR) is 247 cm³/mol. The van der Waals surface area contributed by atoms with E-state index >= 15 is 0 Å². The summed E-state index contributed by atoms with van der Waals surface area (Å²) in [6, 6.07) is 77.9. The maximum Gasteiger partial charge on any atom is 0.227 e. The monoisotopic (exact) mass is 771 g/mol. The van der Waals surface area contributed by atoms with Crippen LogP contribution in [0.1, 0.15) is 0 Å². The number of anilines is 6. The smallest absolute Gasteiger partial charge is 0.227 e. The van der Waals surface area contributed by atoms with E-state index in [1.807, 2.05) is 54.6 Å². The summed E-state index contributed by atoms with van der Waals surface area (Å²) in [5.74, 6) is 0.548. The molecule has 60 heavy (non-hydrogen) atoms. The van der Waals surface area contributed by atoms with Crippen LogP contribution >= 0.6 is 0 Å². The zero-order chi connectivity index (χ0) is 39.8. The third-order valence-electron chi connectivity index (χ3n) is 11.1. The van der Waals surface area contributed by atoms with Crippen molar-refractivity contribution in [3.63, 3.8) is 0 Å². The number of furan rings is 1. The van der Waals surface area contributed by atoms with Crippen molar-refractivity contribution in [3.05, 3.63) is 224 Å². The average Bonchev–Trinajstić information content (AvgIpc) is 3.94. The molecule has 0 aliphatic carbocycles. The first-order valence-electron chi connectivity index (χ1n) is 20.1. The summed E-state index contributed by atoms with van der Waals surface area (Å²) in [6.45, 7) is 0. The molecule has 9 aromatic carbocycles. The molecule has 11 rings (SSSR count). The molecule has 284 valence electrons. The molecule has 0 saturated heterocycles. The van der Waals surface area contributed by atoms with Crippen molar-refractivity contribution in [2.24, 2.45) is 0 Å². The van der Waals surface area contributed by atoms with Crippen molar-refractivity contribution in [1.29, 1.82) is 0 Å². The van der Waals surface area contributed by atoms with Gasteiger partial charge >= 0.3 is 0 Å². The number of oxazole rings is 1. The molecular formula is C55H37N3O2. The lowest BCUT2D eigenvalue weighted by atomic mass is 10.0. The van der Waals surface area contributed by atoms with Crippen molar-refractivity contribution < 1.29 is 8.83 Å². The number of hydrogen-bond acceptors (Lipinski definition) is 5. The quantitative estimate of drug-likeness (QED) is 0.146. The lowest BCUT2D eigenvalue weighted by Gasteiger charge is -2.30. The topological polar surface area (TPSA) is 45.7 Å². The maximum absolute atomic E-state index is 6.89. The molecule has 5 heteroatoms. The Kier molecular flexibility index (Phi) is 8.75. The van der Waals surface area contributed by atoms with Crippen LogP contribution in [0.4, 0.5) is 34.1 Å². The van der Waals surface area contributed by atoms with Crippen molar-refractivity contribution in [3.8, 4) is 33.7 Å². The minimum absolute atomic E-state index is 0.548. The van der Waals surface area contributed by atoms with Crippen molar-refractivity contribution >= 4 is 67.2 Å². The minimum Gasteiger partial charge on any atom is -0.454 e. The second-order valence-corrected chi connectivity index (χ2v) is 14.8. The standard InChI is InChI=1S/C55H37N3O2/c1-5-18-38(19-6-1)39-32-34-43(35-33-39)57(50-30-17-28-47-46-27-14-16-31-52(46)59-53(47)50)44-36-48-54(60-55(56-48)41-22-9-3-10-23-41)51(37-44)58(42-24-11-4-12-25-42)49-29-15-13-26-45(49)40-20-7-2-8-21-40/h1-37H. The van der Waals surface area contributed by atoms with E-state index in [9.17, 15) is 0 Å². The fourth-order valence-electron chi connectivity index (χ4n) is 8.28. The maximum atomic E-state index is 6.89. The summed E-state index contributed by atoms with van der Waals surface area (Å²) >= 11 is 0. The van der Waals surface area contributed by atoms with E-state index in [0.717, 1.165) is 89.4 Å². The third-order valence-corrected chi connectivity index (χ3v) is 11.1. The van der Waals surface area contributed by atoms with Gasteiger partial charge in [0.25, 0.3) is 0 Å². The van der Waals surface area contributed by atoms with E-state index in [2.05, 4.69) is 180 Å². The van der Waals surface area contributed by atoms with E-state index in [1.165, 1.54) is 0 Å². The molecule has 0 aliphatic rings. The summed E-state index contributed by atoms with van der Waals surface area (Å²) in [5.41, 5.74) is 14.0. The lowest BCUT2D eigenvalue weighted by molar-refractivity contribution is 0.620. The first-order valence-corrected chi connectivity index (χ1v) is 20.1. The van der Waals surface area contributed by atoms with Gasteiger partial charge in [0.05, 0.1) is 22.7 Å². The molecule has 0 spiro atoms. The van der Waals surface area contributed by atoms with Gasteiger partial charge in [0.2, 0.25) is 5.89 Å². The van der Waals surface area contributed by atoms with Gasteiger partial charge in [-0.05, 0) is 83.4 Å². The SMILES string of the molecule is c1ccc(-c2ccc(N(c3cc(N(c4ccccc4)c4ccccc4-c4ccccc4)c4oc(-c5ccccc5)nc4c3)c3cccc4c3oc3ccccc34)cc2)cc1. The Bertz CT molecular complexity index is 3250. The number of hydrogen-bond donors (Lipinski definition) is 0. The Balaban J connectivity index is 1.21. The molecule has 0 bridgehead atoms. The number of benzene rings is 9. The summed E-state index contributed by atoms with van der Waals surface area (Å²) in [6.07, 6.45) is 0. The molecule has 5 nitrogen and oxygen atoms in total. The summed E-state index contributed by atoms with van der Waals surface area (Å²) < 4.78 is 13.6. The van der Waals surface area contributed by atoms with Gasteiger partial charge in [-0.1, -0.05) is 158 Å². The molecule has 0 unspecified atom stereocenters. The fourth-order valence-corrected chi connectivity index (χ4v) is 8.28. The molecule has 0 fully saturated rings. The second kappa shape index (κ2) is 15.0. The first kappa shape index (κ1) is 35.0. The van der Waals surface area contributed by atoms with Crippen molar-refractivity contribution in [2.45, 2.75) is 0 Å². The Morgan fingerprint density at radius 1 is 0.333 bits per heavy atom. The summed E-state index contributed by atoms with van der Waals surface area (Å²) in [4.78, 5) is 9.81. The number of nitrogens with zero attached hydrogens (tertiary/aromatic N) is 3. The highest BCUT2D eigenvalue weighted by Crippen LogP contribution is 2.49. The van der Waals surface area contributed by atoms with Crippen molar-refractivity contribution in [1.82, 2.24) is 4.98 Å². The molecule has 0 aliphatic heterocycles. The van der Waals surface area contributed by atoms with Gasteiger partial charge in [-0.25, -0.2) is 4.98 Å². The molecule has 2 aromatic heterocycles. The first-order chi connectivity index (χ1) is 29.8. The van der Waals surface area contributed by atoms with Gasteiger partial charge in [-0.15, -0.1) is 0 Å². The van der Waals surface area contributed by atoms with Gasteiger partial charge in [-0.2, -0.15) is 0 Å². The Morgan fingerprint density at radius 2 is 0.900 bits per heavy atom. The third kappa shape index (κ3) is 6.26. The second-order valence-electron chi connectivity index (χ2n) is 14.8. The molecule has 0 N–H and O–H groups in total. The van der Waals surface area contributed by atoms with E-state index < -0.39 is 0 Å². The molecule has 11 aromatic rings. The Hall–Kier alpha value is -8.15. The van der Waals surface area contributed by atoms with E-state index in [4.69, 9.17) is 13.8 Å². The highest BCUT2D eigenvalue weighted by Gasteiger charge is 2.27. The number of fused-ring (bicyclic) bond motifs is 4. The van der Waals surface area contributed by atoms with Crippen LogP contribution in [0.5, 0.6) is 0 Å². The average molecular weight is 772 g/mol. The molecule has 0 atom stereocenters. The van der Waals surface area contributed by atoms with Gasteiger partial charge < -0.3 is 18.6 Å². The number of aromatic nitrogens is 1. The fraction of sp³-hybridized carbons (Fsp3) is 0.